The van der Waals surface area contributed by atoms with Crippen molar-refractivity contribution in [1.82, 2.24) is 14.8 Å². The van der Waals surface area contributed by atoms with E-state index < -0.39 is 0 Å². The van der Waals surface area contributed by atoms with Gasteiger partial charge in [0.2, 0.25) is 0 Å². The van der Waals surface area contributed by atoms with Crippen molar-refractivity contribution in [3.8, 4) is 10.9 Å². The summed E-state index contributed by atoms with van der Waals surface area (Å²) in [5.41, 5.74) is 3.62. The van der Waals surface area contributed by atoms with Gasteiger partial charge in [0.15, 0.2) is 0 Å². The number of rotatable bonds is 6. The Morgan fingerprint density at radius 2 is 2.00 bits per heavy atom. The number of carbonyl (C=O) groups excluding carboxylic acids is 1. The predicted octanol–water partition coefficient (Wildman–Crippen LogP) is 3.89. The van der Waals surface area contributed by atoms with Gasteiger partial charge in [-0.25, -0.2) is 4.98 Å². The lowest BCUT2D eigenvalue weighted by Gasteiger charge is -2.20. The maximum Gasteiger partial charge on any atom is 0.319 e. The molecule has 3 heterocycles. The normalized spacial score (nSPS) is 18.5. The molecule has 2 aliphatic heterocycles. The maximum absolute atomic E-state index is 11.5. The second-order valence-electron chi connectivity index (χ2n) is 7.77. The molecule has 5 rings (SSSR count). The lowest BCUT2D eigenvalue weighted by molar-refractivity contribution is -0.141. The van der Waals surface area contributed by atoms with Gasteiger partial charge in [-0.15, -0.1) is 0 Å². The Labute approximate surface area is 179 Å². The summed E-state index contributed by atoms with van der Waals surface area (Å²) in [5.74, 6) is 1.14. The predicted molar refractivity (Wildman–Crippen MR) is 117 cm³/mol. The molecule has 6 nitrogen and oxygen atoms in total. The smallest absolute Gasteiger partial charge is 0.319 e. The van der Waals surface area contributed by atoms with E-state index in [-0.39, 0.29) is 5.97 Å². The summed E-state index contributed by atoms with van der Waals surface area (Å²) in [6, 6.07) is 16.3. The molecule has 1 fully saturated rings. The minimum atomic E-state index is -0.166. The Bertz CT molecular complexity index is 1060. The Morgan fingerprint density at radius 3 is 2.77 bits per heavy atom. The molecule has 1 atom stereocenters. The third kappa shape index (κ3) is 4.04. The van der Waals surface area contributed by atoms with Crippen LogP contribution in [0.25, 0.3) is 10.2 Å². The van der Waals surface area contributed by atoms with Gasteiger partial charge in [-0.1, -0.05) is 35.6 Å². The molecule has 2 aliphatic rings. The topological polar surface area (TPSA) is 54.9 Å². The number of esters is 1. The number of hydrogen-bond donors (Lipinski definition) is 0. The minimum absolute atomic E-state index is 0.166. The molecule has 0 N–H and O–H groups in total. The number of fused-ring (bicyclic) bond motifs is 2. The number of thiazole rings is 1. The number of likely N-dealkylation sites (tertiary alicyclic amines) is 1. The number of hydrogen-bond acceptors (Lipinski definition) is 7. The molecule has 2 aromatic carbocycles. The van der Waals surface area contributed by atoms with E-state index in [1.807, 2.05) is 30.3 Å². The number of para-hydroxylation sites is 1. The van der Waals surface area contributed by atoms with E-state index in [0.717, 1.165) is 42.1 Å². The molecule has 3 aromatic rings. The highest BCUT2D eigenvalue weighted by Gasteiger charge is 2.33. The van der Waals surface area contributed by atoms with Gasteiger partial charge in [0.1, 0.15) is 5.75 Å². The highest BCUT2D eigenvalue weighted by Crippen LogP contribution is 2.32. The highest BCUT2D eigenvalue weighted by molar-refractivity contribution is 7.20. The zero-order chi connectivity index (χ0) is 20.5. The van der Waals surface area contributed by atoms with Gasteiger partial charge in [-0.3, -0.25) is 9.69 Å². The van der Waals surface area contributed by atoms with Crippen molar-refractivity contribution in [1.29, 1.82) is 0 Å². The second kappa shape index (κ2) is 8.08. The second-order valence-corrected chi connectivity index (χ2v) is 8.76. The van der Waals surface area contributed by atoms with Crippen LogP contribution in [-0.2, 0) is 16.1 Å². The Balaban J connectivity index is 1.18. The summed E-state index contributed by atoms with van der Waals surface area (Å²) in [6.07, 6.45) is 2.26. The lowest BCUT2D eigenvalue weighted by atomic mass is 10.1. The van der Waals surface area contributed by atoms with Gasteiger partial charge in [0.25, 0.3) is 5.19 Å². The first kappa shape index (κ1) is 19.1. The Morgan fingerprint density at radius 1 is 1.17 bits per heavy atom. The van der Waals surface area contributed by atoms with Crippen LogP contribution >= 0.6 is 11.3 Å². The van der Waals surface area contributed by atoms with Gasteiger partial charge >= 0.3 is 5.97 Å². The first-order valence-electron chi connectivity index (χ1n) is 10.0. The summed E-state index contributed by atoms with van der Waals surface area (Å²) in [5, 5.41) is 0.664. The summed E-state index contributed by atoms with van der Waals surface area (Å²) in [7, 11) is 1.44. The van der Waals surface area contributed by atoms with Crippen molar-refractivity contribution in [3.05, 3.63) is 65.9 Å². The Kier molecular flexibility index (Phi) is 5.14. The van der Waals surface area contributed by atoms with Crippen LogP contribution in [0, 0.1) is 5.92 Å². The number of nitrogens with zero attached hydrogens (tertiary/aromatic N) is 3. The zero-order valence-electron chi connectivity index (χ0n) is 16.8. The molecule has 0 spiro atoms. The number of aromatic nitrogens is 1. The molecule has 0 bridgehead atoms. The van der Waals surface area contributed by atoms with Crippen LogP contribution in [0.4, 0.5) is 0 Å². The van der Waals surface area contributed by atoms with Crippen LogP contribution in [0.1, 0.15) is 5.56 Å². The van der Waals surface area contributed by atoms with Crippen molar-refractivity contribution in [2.24, 2.45) is 5.92 Å². The first-order valence-corrected chi connectivity index (χ1v) is 10.8. The fourth-order valence-electron chi connectivity index (χ4n) is 4.14. The summed E-state index contributed by atoms with van der Waals surface area (Å²) < 4.78 is 11.8. The van der Waals surface area contributed by atoms with Crippen molar-refractivity contribution >= 4 is 27.5 Å². The SMILES string of the molecule is COC(=O)CN1CC2=CN(Cc3ccc(Oc4nc5ccccc5s4)cc3)CC2C1. The molecule has 7 heteroatoms. The maximum atomic E-state index is 11.5. The molecule has 154 valence electrons. The van der Waals surface area contributed by atoms with Crippen molar-refractivity contribution in [3.63, 3.8) is 0 Å². The Hall–Kier alpha value is -2.90. The monoisotopic (exact) mass is 421 g/mol. The molecule has 1 aromatic heterocycles. The molecular weight excluding hydrogens is 398 g/mol. The molecule has 1 unspecified atom stereocenters. The number of methoxy groups -OCH3 is 1. The van der Waals surface area contributed by atoms with Crippen LogP contribution in [0.2, 0.25) is 0 Å². The van der Waals surface area contributed by atoms with E-state index in [4.69, 9.17) is 9.47 Å². The summed E-state index contributed by atoms with van der Waals surface area (Å²) in [6.45, 7) is 4.02. The molecule has 0 aliphatic carbocycles. The van der Waals surface area contributed by atoms with E-state index >= 15 is 0 Å². The molecule has 0 radical (unpaired) electrons. The van der Waals surface area contributed by atoms with Gasteiger partial charge in [-0.2, -0.15) is 0 Å². The third-order valence-corrected chi connectivity index (χ3v) is 6.50. The molecule has 0 amide bonds. The van der Waals surface area contributed by atoms with Crippen LogP contribution in [0.5, 0.6) is 10.9 Å². The van der Waals surface area contributed by atoms with Crippen LogP contribution < -0.4 is 4.74 Å². The van der Waals surface area contributed by atoms with E-state index in [9.17, 15) is 4.79 Å². The summed E-state index contributed by atoms with van der Waals surface area (Å²) in [4.78, 5) is 20.5. The molecule has 0 saturated carbocycles. The third-order valence-electron chi connectivity index (χ3n) is 5.58. The van der Waals surface area contributed by atoms with E-state index in [0.29, 0.717) is 17.7 Å². The molecular formula is C23H23N3O3S. The zero-order valence-corrected chi connectivity index (χ0v) is 17.6. The van der Waals surface area contributed by atoms with Crippen molar-refractivity contribution < 1.29 is 14.3 Å². The van der Waals surface area contributed by atoms with Crippen LogP contribution in [0.15, 0.2) is 60.3 Å². The van der Waals surface area contributed by atoms with Crippen molar-refractivity contribution in [2.45, 2.75) is 6.54 Å². The standard InChI is InChI=1S/C23H23N3O3S/c1-28-22(27)15-26-13-17-11-25(12-18(17)14-26)10-16-6-8-19(9-7-16)29-23-24-20-4-2-3-5-21(20)30-23/h2-9,11,18H,10,12-15H2,1H3. The average Bonchev–Trinajstić information content (AvgIpc) is 3.41. The lowest BCUT2D eigenvalue weighted by Crippen LogP contribution is -2.30. The quantitative estimate of drug-likeness (QED) is 0.563. The van der Waals surface area contributed by atoms with Crippen LogP contribution in [-0.4, -0.2) is 54.0 Å². The fourth-order valence-corrected chi connectivity index (χ4v) is 4.98. The fraction of sp³-hybridized carbons (Fsp3) is 0.304. The number of benzene rings is 2. The average molecular weight is 422 g/mol. The number of carbonyl (C=O) groups is 1. The van der Waals surface area contributed by atoms with E-state index in [2.05, 4.69) is 39.2 Å². The van der Waals surface area contributed by atoms with Crippen LogP contribution in [0.3, 0.4) is 0 Å². The minimum Gasteiger partial charge on any atom is -0.468 e. The van der Waals surface area contributed by atoms with Gasteiger partial charge < -0.3 is 14.4 Å². The molecule has 30 heavy (non-hydrogen) atoms. The first-order chi connectivity index (χ1) is 14.7. The van der Waals surface area contributed by atoms with Crippen molar-refractivity contribution in [2.75, 3.05) is 33.3 Å². The highest BCUT2D eigenvalue weighted by atomic mass is 32.1. The van der Waals surface area contributed by atoms with Gasteiger partial charge in [-0.05, 0) is 35.4 Å². The largest absolute Gasteiger partial charge is 0.468 e. The van der Waals surface area contributed by atoms with E-state index in [1.165, 1.54) is 18.2 Å². The van der Waals surface area contributed by atoms with E-state index in [1.54, 1.807) is 11.3 Å². The van der Waals surface area contributed by atoms with Gasteiger partial charge in [0, 0.05) is 38.3 Å². The summed E-state index contributed by atoms with van der Waals surface area (Å²) >= 11 is 1.55. The number of ether oxygens (including phenoxy) is 2. The molecule has 1 saturated heterocycles. The van der Waals surface area contributed by atoms with Gasteiger partial charge in [0.05, 0.1) is 23.9 Å².